The van der Waals surface area contributed by atoms with Gasteiger partial charge in [-0.2, -0.15) is 5.43 Å². The predicted molar refractivity (Wildman–Crippen MR) is 192 cm³/mol. The van der Waals surface area contributed by atoms with E-state index in [1.807, 2.05) is 71.2 Å². The van der Waals surface area contributed by atoms with Crippen LogP contribution in [0.5, 0.6) is 0 Å². The van der Waals surface area contributed by atoms with Crippen molar-refractivity contribution in [3.05, 3.63) is 128 Å². The molecule has 48 heavy (non-hydrogen) atoms. The number of guanidine groups is 1. The molecule has 2 heterocycles. The topological polar surface area (TPSA) is 166 Å². The lowest BCUT2D eigenvalue weighted by atomic mass is 10.2. The maximum Gasteiger partial charge on any atom is 0.434 e. The number of non-ortho nitro benzene ring substituents is 1. The second-order valence-electron chi connectivity index (χ2n) is 10.5. The zero-order valence-corrected chi connectivity index (χ0v) is 29.3. The molecule has 3 aromatic carbocycles. The minimum atomic E-state index is -2.69. The van der Waals surface area contributed by atoms with E-state index in [4.69, 9.17) is 5.10 Å². The number of amidine groups is 1. The van der Waals surface area contributed by atoms with Gasteiger partial charge in [0, 0.05) is 27.8 Å². The van der Waals surface area contributed by atoms with Crippen molar-refractivity contribution in [1.82, 2.24) is 30.7 Å². The first-order valence-corrected chi connectivity index (χ1v) is 19.1. The van der Waals surface area contributed by atoms with Crippen LogP contribution < -0.4 is 27.0 Å². The summed E-state index contributed by atoms with van der Waals surface area (Å²) in [5, 5.41) is 44.4. The number of aliphatic hydroxyl groups excluding tert-OH is 1. The van der Waals surface area contributed by atoms with E-state index in [0.29, 0.717) is 10.9 Å². The fraction of sp³-hybridized carbons (Fsp3) is 0.194. The van der Waals surface area contributed by atoms with Gasteiger partial charge in [-0.3, -0.25) is 20.3 Å². The number of aliphatic hydroxyl groups is 1. The van der Waals surface area contributed by atoms with Crippen LogP contribution in [0.4, 0.5) is 5.69 Å². The molecule has 0 saturated heterocycles. The number of allylic oxidation sites excluding steroid dienone is 1. The van der Waals surface area contributed by atoms with E-state index in [2.05, 4.69) is 32.8 Å². The number of hydrazine groups is 1. The van der Waals surface area contributed by atoms with Crippen molar-refractivity contribution < 1.29 is 14.4 Å². The third-order valence-electron chi connectivity index (χ3n) is 7.52. The SMILES string of the molecule is CSC1=NNC(C)=C(O)N1N/C(=N\n1c(SC)nnc(C)c1=O)[N+](Cc1ccc([N+](=O)[O-])cc1)=P(C)(c1ccccc1)c1ccccc1. The van der Waals surface area contributed by atoms with Crippen LogP contribution in [-0.4, -0.2) is 64.5 Å². The summed E-state index contributed by atoms with van der Waals surface area (Å²) in [6.45, 7) is 5.56. The first kappa shape index (κ1) is 34.4. The Hall–Kier alpha value is -4.92. The molecule has 4 aromatic rings. The number of hydrogen-bond acceptors (Lipinski definition) is 12. The maximum atomic E-state index is 13.6. The van der Waals surface area contributed by atoms with Crippen molar-refractivity contribution in [2.75, 3.05) is 19.2 Å². The van der Waals surface area contributed by atoms with Crippen molar-refractivity contribution in [3.8, 4) is 0 Å². The summed E-state index contributed by atoms with van der Waals surface area (Å²) >= 11 is 2.48. The molecule has 17 heteroatoms. The number of benzene rings is 3. The normalized spacial score (nSPS) is 13.6. The Kier molecular flexibility index (Phi) is 10.7. The number of nitrogens with one attached hydrogen (secondary N) is 2. The first-order chi connectivity index (χ1) is 23.1. The Balaban J connectivity index is 1.92. The standard InChI is InChI=1S/C31H33N10O4PS2/c1-21-27(42)39(30(47-4)34-32-21)36-29(37-40-28(43)22(2)33-35-31(40)48-5)38(20-23-16-18-24(19-17-23)41(44)45)46(3,25-12-8-6-9-13-25)26-14-10-7-11-15-26/h6-19H,20H2,1-5H3,(H2-,32,33,36,37,42,43)/p+1. The van der Waals surface area contributed by atoms with Crippen LogP contribution >= 0.6 is 30.6 Å². The van der Waals surface area contributed by atoms with Crippen LogP contribution in [0.2, 0.25) is 0 Å². The van der Waals surface area contributed by atoms with E-state index in [1.165, 1.54) is 45.3 Å². The van der Waals surface area contributed by atoms with E-state index in [9.17, 15) is 20.0 Å². The van der Waals surface area contributed by atoms with E-state index in [0.717, 1.165) is 16.2 Å². The zero-order valence-electron chi connectivity index (χ0n) is 26.8. The lowest BCUT2D eigenvalue weighted by Crippen LogP contribution is -2.52. The molecule has 248 valence electrons. The summed E-state index contributed by atoms with van der Waals surface area (Å²) in [5.74, 6) is 0.0166. The average molecular weight is 706 g/mol. The summed E-state index contributed by atoms with van der Waals surface area (Å²) in [7, 11) is -2.69. The molecule has 0 aliphatic carbocycles. The molecule has 1 aliphatic rings. The maximum absolute atomic E-state index is 13.6. The molecule has 1 aromatic heterocycles. The van der Waals surface area contributed by atoms with E-state index in [-0.39, 0.29) is 34.9 Å². The molecule has 0 unspecified atom stereocenters. The van der Waals surface area contributed by atoms with Crippen molar-refractivity contribution in [1.29, 1.82) is 0 Å². The molecule has 5 rings (SSSR count). The molecular weight excluding hydrogens is 672 g/mol. The van der Waals surface area contributed by atoms with Gasteiger partial charge in [-0.25, -0.2) is 4.33 Å². The molecule has 0 bridgehead atoms. The molecule has 0 spiro atoms. The van der Waals surface area contributed by atoms with Crippen LogP contribution in [0.25, 0.3) is 0 Å². The lowest BCUT2D eigenvalue weighted by Gasteiger charge is -2.30. The van der Waals surface area contributed by atoms with Crippen LogP contribution in [0.15, 0.2) is 117 Å². The van der Waals surface area contributed by atoms with Gasteiger partial charge in [-0.1, -0.05) is 84.2 Å². The molecule has 14 nitrogen and oxygen atoms in total. The number of rotatable bonds is 8. The highest BCUT2D eigenvalue weighted by Crippen LogP contribution is 2.43. The van der Waals surface area contributed by atoms with Gasteiger partial charge in [0.15, 0.2) is 0 Å². The minimum Gasteiger partial charge on any atom is -0.491 e. The van der Waals surface area contributed by atoms with Crippen LogP contribution in [0.1, 0.15) is 18.2 Å². The van der Waals surface area contributed by atoms with Gasteiger partial charge >= 0.3 is 11.5 Å². The zero-order chi connectivity index (χ0) is 34.4. The van der Waals surface area contributed by atoms with Gasteiger partial charge in [0.1, 0.15) is 5.69 Å². The van der Waals surface area contributed by atoms with Gasteiger partial charge in [-0.15, -0.1) is 25.0 Å². The number of hydrazone groups is 1. The van der Waals surface area contributed by atoms with Crippen molar-refractivity contribution >= 4 is 58.0 Å². The predicted octanol–water partition coefficient (Wildman–Crippen LogP) is 4.18. The number of aryl methyl sites for hydroxylation is 1. The average Bonchev–Trinajstić information content (AvgIpc) is 3.11. The second kappa shape index (κ2) is 14.9. The molecule has 0 atom stereocenters. The molecule has 0 radical (unpaired) electrons. The molecule has 0 saturated carbocycles. The highest BCUT2D eigenvalue weighted by Gasteiger charge is 2.35. The van der Waals surface area contributed by atoms with E-state index in [1.54, 1.807) is 32.2 Å². The Morgan fingerprint density at radius 3 is 2.12 bits per heavy atom. The summed E-state index contributed by atoms with van der Waals surface area (Å²) < 4.78 is 3.23. The Bertz CT molecular complexity index is 1990. The number of nitrogens with zero attached hydrogens (tertiary/aromatic N) is 8. The van der Waals surface area contributed by atoms with Crippen LogP contribution in [-0.2, 0) is 6.54 Å². The Morgan fingerprint density at radius 1 is 0.979 bits per heavy atom. The van der Waals surface area contributed by atoms with E-state index < -0.39 is 17.5 Å². The monoisotopic (exact) mass is 705 g/mol. The Morgan fingerprint density at radius 2 is 1.58 bits per heavy atom. The number of thioether (sulfide) groups is 2. The largest absolute Gasteiger partial charge is 0.491 e. The molecular formula is C31H34N10O4PS2+. The number of aromatic nitrogens is 3. The van der Waals surface area contributed by atoms with Crippen LogP contribution in [0.3, 0.4) is 0 Å². The molecule has 0 amide bonds. The second-order valence-corrected chi connectivity index (χ2v) is 15.5. The van der Waals surface area contributed by atoms with Gasteiger partial charge < -0.3 is 5.11 Å². The van der Waals surface area contributed by atoms with Crippen molar-refractivity contribution in [2.45, 2.75) is 25.5 Å². The molecule has 0 fully saturated rings. The fourth-order valence-corrected chi connectivity index (χ4v) is 9.02. The quantitative estimate of drug-likeness (QED) is 0.0601. The molecule has 1 aliphatic heterocycles. The van der Waals surface area contributed by atoms with Gasteiger partial charge in [0.2, 0.25) is 16.2 Å². The molecule has 3 N–H and O–H groups in total. The highest BCUT2D eigenvalue weighted by molar-refractivity contribution is 8.13. The van der Waals surface area contributed by atoms with Crippen molar-refractivity contribution in [3.63, 3.8) is 0 Å². The number of hydrogen-bond donors (Lipinski definition) is 3. The smallest absolute Gasteiger partial charge is 0.434 e. The first-order valence-electron chi connectivity index (χ1n) is 14.5. The number of nitro benzene ring substituents is 1. The Labute approximate surface area is 285 Å². The summed E-state index contributed by atoms with van der Waals surface area (Å²) in [6, 6.07) is 26.2. The van der Waals surface area contributed by atoms with E-state index >= 15 is 0 Å². The van der Waals surface area contributed by atoms with Gasteiger partial charge in [0.25, 0.3) is 5.69 Å². The van der Waals surface area contributed by atoms with Crippen LogP contribution in [0, 0.1) is 17.0 Å². The summed E-state index contributed by atoms with van der Waals surface area (Å²) in [6.07, 6.45) is 3.58. The fourth-order valence-electron chi connectivity index (χ4n) is 4.88. The van der Waals surface area contributed by atoms with Gasteiger partial charge in [0.05, 0.1) is 24.2 Å². The third kappa shape index (κ3) is 7.00. The minimum absolute atomic E-state index is 0.0392. The highest BCUT2D eigenvalue weighted by atomic mass is 32.2. The number of nitro groups is 1. The summed E-state index contributed by atoms with van der Waals surface area (Å²) in [4.78, 5) is 24.7. The summed E-state index contributed by atoms with van der Waals surface area (Å²) in [5.41, 5.74) is 6.87. The third-order valence-corrected chi connectivity index (χ3v) is 12.7. The lowest BCUT2D eigenvalue weighted by molar-refractivity contribution is -0.410. The van der Waals surface area contributed by atoms with Crippen molar-refractivity contribution in [2.24, 2.45) is 10.2 Å². The van der Waals surface area contributed by atoms with Gasteiger partial charge in [-0.05, 0) is 50.7 Å².